The topological polar surface area (TPSA) is 59.0 Å². The van der Waals surface area contributed by atoms with Gasteiger partial charge in [-0.25, -0.2) is 9.98 Å². The first kappa shape index (κ1) is 21.4. The minimum absolute atomic E-state index is 0.0230. The van der Waals surface area contributed by atoms with Gasteiger partial charge in [0, 0.05) is 22.9 Å². The maximum Gasteiger partial charge on any atom is 0.211 e. The fourth-order valence-corrected chi connectivity index (χ4v) is 4.65. The lowest BCUT2D eigenvalue weighted by molar-refractivity contribution is 0.323. The number of aromatic amines is 1. The van der Waals surface area contributed by atoms with Crippen molar-refractivity contribution >= 4 is 34.7 Å². The van der Waals surface area contributed by atoms with Gasteiger partial charge in [-0.1, -0.05) is 60.7 Å². The molecule has 0 bridgehead atoms. The zero-order valence-corrected chi connectivity index (χ0v) is 19.9. The van der Waals surface area contributed by atoms with Gasteiger partial charge in [0.1, 0.15) is 25.3 Å². The molecular weight excluding hydrogens is 434 g/mol. The molecule has 0 spiro atoms. The molecule has 1 aromatic heterocycles. The summed E-state index contributed by atoms with van der Waals surface area (Å²) in [6, 6.07) is 25.0. The summed E-state index contributed by atoms with van der Waals surface area (Å²) in [5.41, 5.74) is 4.81. The lowest BCUT2D eigenvalue weighted by Gasteiger charge is -2.03. The van der Waals surface area contributed by atoms with E-state index in [-0.39, 0.29) is 12.1 Å². The van der Waals surface area contributed by atoms with Crippen LogP contribution in [0.15, 0.2) is 82.8 Å². The van der Waals surface area contributed by atoms with Crippen molar-refractivity contribution in [2.45, 2.75) is 25.9 Å². The second kappa shape index (κ2) is 8.91. The summed E-state index contributed by atoms with van der Waals surface area (Å²) in [7, 11) is 0. The Balaban J connectivity index is 1.41. The van der Waals surface area contributed by atoms with Gasteiger partial charge in [-0.2, -0.15) is 0 Å². The van der Waals surface area contributed by atoms with Crippen molar-refractivity contribution in [1.82, 2.24) is 4.98 Å². The first-order valence-electron chi connectivity index (χ1n) is 12.0. The number of aliphatic imine (C=N–C) groups is 2. The molecule has 0 saturated carbocycles. The second-order valence-corrected chi connectivity index (χ2v) is 9.13. The van der Waals surface area contributed by atoms with E-state index in [4.69, 9.17) is 19.5 Å². The van der Waals surface area contributed by atoms with Crippen molar-refractivity contribution in [3.8, 4) is 0 Å². The molecule has 4 aromatic rings. The molecule has 2 aliphatic heterocycles. The van der Waals surface area contributed by atoms with E-state index in [1.807, 2.05) is 48.6 Å². The van der Waals surface area contributed by atoms with E-state index in [1.54, 1.807) is 0 Å². The molecule has 174 valence electrons. The molecule has 0 radical (unpaired) electrons. The van der Waals surface area contributed by atoms with Crippen molar-refractivity contribution in [2.75, 3.05) is 13.2 Å². The van der Waals surface area contributed by atoms with Gasteiger partial charge >= 0.3 is 0 Å². The van der Waals surface area contributed by atoms with Crippen LogP contribution in [0.4, 0.5) is 0 Å². The summed E-state index contributed by atoms with van der Waals surface area (Å²) in [6.07, 6.45) is 4.00. The monoisotopic (exact) mass is 461 g/mol. The predicted molar refractivity (Wildman–Crippen MR) is 141 cm³/mol. The molecule has 5 heteroatoms. The van der Waals surface area contributed by atoms with Crippen LogP contribution in [0.5, 0.6) is 0 Å². The summed E-state index contributed by atoms with van der Waals surface area (Å²) < 4.78 is 11.9. The first-order valence-corrected chi connectivity index (χ1v) is 12.0. The highest BCUT2D eigenvalue weighted by Gasteiger charge is 2.21. The lowest BCUT2D eigenvalue weighted by atomic mass is 10.0. The average Bonchev–Trinajstić information content (AvgIpc) is 3.62. The number of aryl methyl sites for hydroxylation is 2. The van der Waals surface area contributed by atoms with Crippen LogP contribution in [0.1, 0.15) is 34.3 Å². The number of nitrogens with one attached hydrogen (secondary N) is 1. The molecule has 1 N–H and O–H groups in total. The standard InChI is InChI=1S/C30H27N3O2/c1-19-13-23-24(14-20(19)2)26(16-30-33-28(18-35-30)22-11-7-4-8-12-22)31-25(23)15-29-32-27(17-34-29)21-9-5-3-6-10-21/h3-16,27-28,31H,17-18H2,1-2H3. The second-order valence-electron chi connectivity index (χ2n) is 9.13. The highest BCUT2D eigenvalue weighted by Crippen LogP contribution is 2.24. The molecule has 35 heavy (non-hydrogen) atoms. The van der Waals surface area contributed by atoms with E-state index in [2.05, 4.69) is 55.2 Å². The van der Waals surface area contributed by atoms with Crippen LogP contribution in [0, 0.1) is 13.8 Å². The minimum Gasteiger partial charge on any atom is -0.475 e. The molecular formula is C30H27N3O2. The number of benzene rings is 3. The van der Waals surface area contributed by atoms with E-state index in [1.165, 1.54) is 11.1 Å². The summed E-state index contributed by atoms with van der Waals surface area (Å²) in [5, 5.41) is 4.21. The molecule has 6 rings (SSSR count). The van der Waals surface area contributed by atoms with Crippen LogP contribution in [-0.4, -0.2) is 30.0 Å². The van der Waals surface area contributed by atoms with Gasteiger partial charge in [0.2, 0.25) is 11.8 Å². The van der Waals surface area contributed by atoms with Crippen molar-refractivity contribution in [3.63, 3.8) is 0 Å². The maximum atomic E-state index is 5.95. The Morgan fingerprint density at radius 2 is 1.11 bits per heavy atom. The Morgan fingerprint density at radius 1 is 0.686 bits per heavy atom. The van der Waals surface area contributed by atoms with Crippen molar-refractivity contribution < 1.29 is 9.47 Å². The van der Waals surface area contributed by atoms with E-state index in [0.29, 0.717) is 25.0 Å². The van der Waals surface area contributed by atoms with Gasteiger partial charge in [-0.05, 0) is 48.2 Å². The van der Waals surface area contributed by atoms with Gasteiger partial charge < -0.3 is 14.5 Å². The molecule has 3 heterocycles. The number of H-pyrrole nitrogens is 1. The Bertz CT molecular complexity index is 1450. The van der Waals surface area contributed by atoms with Crippen LogP contribution >= 0.6 is 0 Å². The number of rotatable bonds is 4. The lowest BCUT2D eigenvalue weighted by Crippen LogP contribution is -2.14. The molecule has 0 amide bonds. The molecule has 0 saturated heterocycles. The largest absolute Gasteiger partial charge is 0.475 e. The van der Waals surface area contributed by atoms with Crippen molar-refractivity contribution in [1.29, 1.82) is 0 Å². The molecule has 2 atom stereocenters. The van der Waals surface area contributed by atoms with Gasteiger partial charge in [0.05, 0.1) is 10.7 Å². The Labute approximate surface area is 204 Å². The molecule has 0 fully saturated rings. The number of hydrogen-bond donors (Lipinski definition) is 1. The fraction of sp³-hybridized carbons (Fsp3) is 0.200. The zero-order valence-electron chi connectivity index (χ0n) is 19.9. The van der Waals surface area contributed by atoms with E-state index in [0.717, 1.165) is 32.6 Å². The zero-order chi connectivity index (χ0) is 23.8. The van der Waals surface area contributed by atoms with Crippen LogP contribution in [-0.2, 0) is 9.47 Å². The average molecular weight is 462 g/mol. The van der Waals surface area contributed by atoms with Crippen LogP contribution < -0.4 is 10.7 Å². The molecule has 5 nitrogen and oxygen atoms in total. The quantitative estimate of drug-likeness (QED) is 0.480. The summed E-state index contributed by atoms with van der Waals surface area (Å²) in [6.45, 7) is 5.38. The maximum absolute atomic E-state index is 5.95. The Hall–Kier alpha value is -4.12. The van der Waals surface area contributed by atoms with Crippen LogP contribution in [0.25, 0.3) is 22.9 Å². The van der Waals surface area contributed by atoms with E-state index < -0.39 is 0 Å². The van der Waals surface area contributed by atoms with Gasteiger partial charge in [0.25, 0.3) is 0 Å². The van der Waals surface area contributed by atoms with E-state index in [9.17, 15) is 0 Å². The number of hydrogen-bond acceptors (Lipinski definition) is 4. The summed E-state index contributed by atoms with van der Waals surface area (Å²) in [5.74, 6) is 1.29. The summed E-state index contributed by atoms with van der Waals surface area (Å²) in [4.78, 5) is 13.2. The third kappa shape index (κ3) is 4.26. The highest BCUT2D eigenvalue weighted by atomic mass is 16.5. The predicted octanol–water partition coefficient (Wildman–Crippen LogP) is 4.69. The third-order valence-electron chi connectivity index (χ3n) is 6.73. The van der Waals surface area contributed by atoms with Gasteiger partial charge in [0.15, 0.2) is 0 Å². The Morgan fingerprint density at radius 3 is 1.54 bits per heavy atom. The number of fused-ring (bicyclic) bond motifs is 1. The number of nitrogens with zero attached hydrogens (tertiary/aromatic N) is 2. The van der Waals surface area contributed by atoms with Crippen LogP contribution in [0.3, 0.4) is 0 Å². The Kier molecular flexibility index (Phi) is 5.45. The normalized spacial score (nSPS) is 20.6. The van der Waals surface area contributed by atoms with Gasteiger partial charge in [-0.3, -0.25) is 0 Å². The van der Waals surface area contributed by atoms with Gasteiger partial charge in [-0.15, -0.1) is 0 Å². The smallest absolute Gasteiger partial charge is 0.211 e. The minimum atomic E-state index is 0.0230. The number of aromatic nitrogens is 1. The van der Waals surface area contributed by atoms with E-state index >= 15 is 0 Å². The first-order chi connectivity index (χ1) is 17.1. The number of ether oxygens (including phenoxy) is 2. The molecule has 0 aliphatic carbocycles. The SMILES string of the molecule is Cc1cc2c(=CC3=NC(c4ccccc4)CO3)[nH]c(=CC3=NC(c4ccccc4)CO3)c2cc1C. The van der Waals surface area contributed by atoms with Crippen molar-refractivity contribution in [2.24, 2.45) is 9.98 Å². The third-order valence-corrected chi connectivity index (χ3v) is 6.73. The molecule has 2 unspecified atom stereocenters. The van der Waals surface area contributed by atoms with Crippen molar-refractivity contribution in [3.05, 3.63) is 106 Å². The molecule has 3 aromatic carbocycles. The highest BCUT2D eigenvalue weighted by molar-refractivity contribution is 6.09. The summed E-state index contributed by atoms with van der Waals surface area (Å²) >= 11 is 0. The van der Waals surface area contributed by atoms with Crippen LogP contribution in [0.2, 0.25) is 0 Å². The molecule has 2 aliphatic rings. The fourth-order valence-electron chi connectivity index (χ4n) is 4.65.